The number of halogens is 1. The lowest BCUT2D eigenvalue weighted by Gasteiger charge is -2.06. The molecule has 1 amide bonds. The summed E-state index contributed by atoms with van der Waals surface area (Å²) in [5.74, 6) is 0.179. The molecule has 9 heteroatoms. The molecule has 0 aliphatic heterocycles. The fourth-order valence-corrected chi connectivity index (χ4v) is 4.20. The van der Waals surface area contributed by atoms with Gasteiger partial charge in [0.25, 0.3) is 0 Å². The Hall–Kier alpha value is -4.92. The third kappa shape index (κ3) is 3.86. The maximum absolute atomic E-state index is 13.9. The fraction of sp³-hybridized carbons (Fsp3) is 0.0741. The maximum atomic E-state index is 13.9. The van der Waals surface area contributed by atoms with Gasteiger partial charge in [-0.25, -0.2) is 9.37 Å². The Kier molecular flexibility index (Phi) is 5.22. The lowest BCUT2D eigenvalue weighted by atomic mass is 10.0. The summed E-state index contributed by atoms with van der Waals surface area (Å²) in [7, 11) is 0. The Morgan fingerprint density at radius 1 is 0.944 bits per heavy atom. The molecule has 0 radical (unpaired) electrons. The van der Waals surface area contributed by atoms with Crippen LogP contribution in [0.1, 0.15) is 13.3 Å². The second-order valence-corrected chi connectivity index (χ2v) is 8.38. The van der Waals surface area contributed by atoms with Gasteiger partial charge in [0, 0.05) is 35.3 Å². The molecule has 0 fully saturated rings. The van der Waals surface area contributed by atoms with E-state index in [1.807, 2.05) is 30.3 Å². The summed E-state index contributed by atoms with van der Waals surface area (Å²) in [4.78, 5) is 28.5. The summed E-state index contributed by atoms with van der Waals surface area (Å²) in [6.45, 7) is 1.80. The number of imidazole rings is 1. The number of amides is 1. The summed E-state index contributed by atoms with van der Waals surface area (Å²) < 4.78 is 13.9. The number of aromatic amines is 2. The molecule has 4 heterocycles. The molecular weight excluding hydrogens is 457 g/mol. The number of hydrogen-bond donors (Lipinski definition) is 3. The van der Waals surface area contributed by atoms with Gasteiger partial charge in [-0.05, 0) is 41.5 Å². The van der Waals surface area contributed by atoms with E-state index in [1.165, 1.54) is 12.1 Å². The van der Waals surface area contributed by atoms with E-state index in [0.29, 0.717) is 34.7 Å². The standard InChI is InChI=1S/C27H20FN7O/c1-2-24(36)31-19-9-17(11-29-12-19)15-6-7-22-20(10-15)26(35-34-22)27-32-23-14-30-13-21(25(23)33-27)16-4-3-5-18(28)8-16/h3-14H,2H2,1H3,(H,31,36)(H,32,33)(H,34,35). The van der Waals surface area contributed by atoms with Crippen LogP contribution in [-0.4, -0.2) is 36.0 Å². The highest BCUT2D eigenvalue weighted by molar-refractivity contribution is 5.98. The molecule has 0 spiro atoms. The molecule has 6 aromatic rings. The lowest BCUT2D eigenvalue weighted by Crippen LogP contribution is -2.09. The van der Waals surface area contributed by atoms with Crippen LogP contribution in [0.2, 0.25) is 0 Å². The highest BCUT2D eigenvalue weighted by Crippen LogP contribution is 2.33. The Balaban J connectivity index is 1.43. The van der Waals surface area contributed by atoms with Crippen molar-refractivity contribution in [1.82, 2.24) is 30.1 Å². The lowest BCUT2D eigenvalue weighted by molar-refractivity contribution is -0.115. The van der Waals surface area contributed by atoms with Crippen LogP contribution < -0.4 is 5.32 Å². The zero-order valence-corrected chi connectivity index (χ0v) is 19.2. The SMILES string of the molecule is CCC(=O)Nc1cncc(-c2ccc3[nH]nc(-c4nc5c(-c6cccc(F)c6)cncc5[nH]4)c3c2)c1. The molecule has 0 bridgehead atoms. The minimum absolute atomic E-state index is 0.0708. The molecule has 3 N–H and O–H groups in total. The van der Waals surface area contributed by atoms with Crippen molar-refractivity contribution >= 4 is 33.5 Å². The second kappa shape index (κ2) is 8.70. The van der Waals surface area contributed by atoms with Gasteiger partial charge in [0.15, 0.2) is 5.82 Å². The van der Waals surface area contributed by atoms with Crippen molar-refractivity contribution in [2.45, 2.75) is 13.3 Å². The van der Waals surface area contributed by atoms with Crippen LogP contribution in [0.25, 0.3) is 55.7 Å². The van der Waals surface area contributed by atoms with Gasteiger partial charge in [0.2, 0.25) is 5.91 Å². The summed E-state index contributed by atoms with van der Waals surface area (Å²) in [5.41, 5.74) is 6.75. The number of fused-ring (bicyclic) bond motifs is 2. The van der Waals surface area contributed by atoms with E-state index in [2.05, 4.69) is 30.5 Å². The topological polar surface area (TPSA) is 112 Å². The number of H-pyrrole nitrogens is 2. The molecule has 176 valence electrons. The van der Waals surface area contributed by atoms with Gasteiger partial charge < -0.3 is 10.3 Å². The summed E-state index contributed by atoms with van der Waals surface area (Å²) in [6, 6.07) is 14.2. The molecule has 0 unspecified atom stereocenters. The highest BCUT2D eigenvalue weighted by atomic mass is 19.1. The fourth-order valence-electron chi connectivity index (χ4n) is 4.20. The normalized spacial score (nSPS) is 11.3. The Morgan fingerprint density at radius 3 is 2.69 bits per heavy atom. The molecule has 0 saturated heterocycles. The van der Waals surface area contributed by atoms with Gasteiger partial charge in [-0.2, -0.15) is 5.10 Å². The van der Waals surface area contributed by atoms with Crippen LogP contribution >= 0.6 is 0 Å². The monoisotopic (exact) mass is 477 g/mol. The molecule has 0 aliphatic carbocycles. The van der Waals surface area contributed by atoms with Crippen LogP contribution in [0.4, 0.5) is 10.1 Å². The van der Waals surface area contributed by atoms with Crippen molar-refractivity contribution in [3.05, 3.63) is 79.1 Å². The van der Waals surface area contributed by atoms with E-state index in [0.717, 1.165) is 33.1 Å². The zero-order valence-electron chi connectivity index (χ0n) is 19.2. The van der Waals surface area contributed by atoms with Crippen LogP contribution in [0.5, 0.6) is 0 Å². The Morgan fingerprint density at radius 2 is 1.83 bits per heavy atom. The molecule has 0 atom stereocenters. The van der Waals surface area contributed by atoms with Crippen LogP contribution in [0.15, 0.2) is 73.3 Å². The number of anilines is 1. The van der Waals surface area contributed by atoms with E-state index >= 15 is 0 Å². The van der Waals surface area contributed by atoms with E-state index in [-0.39, 0.29) is 11.7 Å². The molecule has 8 nitrogen and oxygen atoms in total. The minimum Gasteiger partial charge on any atom is -0.335 e. The van der Waals surface area contributed by atoms with Crippen molar-refractivity contribution in [2.24, 2.45) is 0 Å². The minimum atomic E-state index is -0.320. The van der Waals surface area contributed by atoms with Gasteiger partial charge in [-0.3, -0.25) is 19.9 Å². The molecule has 0 saturated carbocycles. The van der Waals surface area contributed by atoms with Crippen LogP contribution in [0.3, 0.4) is 0 Å². The first-order chi connectivity index (χ1) is 17.6. The first kappa shape index (κ1) is 21.6. The van der Waals surface area contributed by atoms with Gasteiger partial charge in [-0.1, -0.05) is 25.1 Å². The average Bonchev–Trinajstić information content (AvgIpc) is 3.52. The number of carbonyl (C=O) groups excluding carboxylic acids is 1. The largest absolute Gasteiger partial charge is 0.335 e. The number of aromatic nitrogens is 6. The van der Waals surface area contributed by atoms with E-state index < -0.39 is 0 Å². The van der Waals surface area contributed by atoms with E-state index in [9.17, 15) is 9.18 Å². The predicted molar refractivity (Wildman–Crippen MR) is 137 cm³/mol. The summed E-state index contributed by atoms with van der Waals surface area (Å²) >= 11 is 0. The van der Waals surface area contributed by atoms with Crippen molar-refractivity contribution in [2.75, 3.05) is 5.32 Å². The Bertz CT molecular complexity index is 1750. The first-order valence-electron chi connectivity index (χ1n) is 11.4. The summed E-state index contributed by atoms with van der Waals surface area (Å²) in [6.07, 6.45) is 7.14. The second-order valence-electron chi connectivity index (χ2n) is 8.38. The molecule has 2 aromatic carbocycles. The number of hydrogen-bond acceptors (Lipinski definition) is 5. The number of nitrogens with one attached hydrogen (secondary N) is 3. The molecule has 6 rings (SSSR count). The molecular formula is C27H20FN7O. The Labute approximate surface area is 204 Å². The highest BCUT2D eigenvalue weighted by Gasteiger charge is 2.16. The maximum Gasteiger partial charge on any atom is 0.224 e. The van der Waals surface area contributed by atoms with Gasteiger partial charge >= 0.3 is 0 Å². The van der Waals surface area contributed by atoms with Crippen molar-refractivity contribution in [3.63, 3.8) is 0 Å². The van der Waals surface area contributed by atoms with Crippen LogP contribution in [-0.2, 0) is 4.79 Å². The van der Waals surface area contributed by atoms with Gasteiger partial charge in [0.1, 0.15) is 11.5 Å². The third-order valence-corrected chi connectivity index (χ3v) is 5.99. The van der Waals surface area contributed by atoms with E-state index in [4.69, 9.17) is 4.98 Å². The number of pyridine rings is 2. The molecule has 0 aliphatic rings. The van der Waals surface area contributed by atoms with Crippen molar-refractivity contribution in [3.8, 4) is 33.8 Å². The predicted octanol–water partition coefficient (Wildman–Crippen LogP) is 5.72. The van der Waals surface area contributed by atoms with Gasteiger partial charge in [0.05, 0.1) is 34.6 Å². The first-order valence-corrected chi connectivity index (χ1v) is 11.4. The van der Waals surface area contributed by atoms with Gasteiger partial charge in [-0.15, -0.1) is 0 Å². The zero-order chi connectivity index (χ0) is 24.6. The summed E-state index contributed by atoms with van der Waals surface area (Å²) in [5, 5.41) is 11.3. The number of nitrogens with zero attached hydrogens (tertiary/aromatic N) is 4. The number of carbonyl (C=O) groups is 1. The van der Waals surface area contributed by atoms with Crippen molar-refractivity contribution < 1.29 is 9.18 Å². The third-order valence-electron chi connectivity index (χ3n) is 5.99. The average molecular weight is 478 g/mol. The van der Waals surface area contributed by atoms with E-state index in [1.54, 1.807) is 37.8 Å². The number of rotatable bonds is 5. The van der Waals surface area contributed by atoms with Crippen molar-refractivity contribution in [1.29, 1.82) is 0 Å². The molecule has 4 aromatic heterocycles. The number of benzene rings is 2. The quantitative estimate of drug-likeness (QED) is 0.294. The smallest absolute Gasteiger partial charge is 0.224 e. The van der Waals surface area contributed by atoms with Crippen LogP contribution in [0, 0.1) is 5.82 Å². The molecule has 36 heavy (non-hydrogen) atoms.